The van der Waals surface area contributed by atoms with Crippen molar-refractivity contribution in [3.63, 3.8) is 0 Å². The summed E-state index contributed by atoms with van der Waals surface area (Å²) in [5.74, 6) is 3.23. The third kappa shape index (κ3) is 3.29. The number of rotatable bonds is 4. The lowest BCUT2D eigenvalue weighted by atomic mass is 9.45. The highest BCUT2D eigenvalue weighted by Crippen LogP contribution is 2.66. The number of guanidine groups is 1. The van der Waals surface area contributed by atoms with Gasteiger partial charge in [-0.3, -0.25) is 5.41 Å². The topological polar surface area (TPSA) is 91.4 Å². The molecule has 5 N–H and O–H groups in total. The molecule has 0 amide bonds. The molecule has 27 heavy (non-hydrogen) atoms. The minimum atomic E-state index is -0.0678. The van der Waals surface area contributed by atoms with E-state index in [4.69, 9.17) is 15.9 Å². The Kier molecular flexibility index (Phi) is 5.21. The van der Waals surface area contributed by atoms with Crippen LogP contribution in [0, 0.1) is 39.9 Å². The second-order valence-corrected chi connectivity index (χ2v) is 10.4. The second kappa shape index (κ2) is 7.22. The van der Waals surface area contributed by atoms with Crippen molar-refractivity contribution in [3.8, 4) is 0 Å². The quantitative estimate of drug-likeness (QED) is 0.344. The fourth-order valence-corrected chi connectivity index (χ4v) is 7.75. The van der Waals surface area contributed by atoms with Crippen LogP contribution in [0.15, 0.2) is 0 Å². The van der Waals surface area contributed by atoms with E-state index >= 15 is 0 Å². The number of ether oxygens (including phenoxy) is 1. The number of aliphatic hydroxyl groups is 1. The predicted octanol–water partition coefficient (Wildman–Crippen LogP) is 3.26. The molecule has 4 aliphatic carbocycles. The van der Waals surface area contributed by atoms with Crippen molar-refractivity contribution < 1.29 is 9.84 Å². The first-order valence-corrected chi connectivity index (χ1v) is 11.2. The highest BCUT2D eigenvalue weighted by molar-refractivity contribution is 5.74. The molecule has 0 aromatic heterocycles. The molecule has 0 aromatic carbocycles. The lowest BCUT2D eigenvalue weighted by molar-refractivity contribution is -0.140. The molecule has 154 valence electrons. The summed E-state index contributed by atoms with van der Waals surface area (Å²) < 4.78 is 6.12. The summed E-state index contributed by atoms with van der Waals surface area (Å²) in [5.41, 5.74) is 5.99. The van der Waals surface area contributed by atoms with E-state index in [2.05, 4.69) is 19.2 Å². The van der Waals surface area contributed by atoms with Crippen LogP contribution < -0.4 is 11.1 Å². The number of nitrogens with two attached hydrogens (primary N) is 1. The van der Waals surface area contributed by atoms with Gasteiger partial charge >= 0.3 is 0 Å². The van der Waals surface area contributed by atoms with Gasteiger partial charge in [0.05, 0.1) is 18.8 Å². The van der Waals surface area contributed by atoms with Gasteiger partial charge in [0.15, 0.2) is 5.96 Å². The van der Waals surface area contributed by atoms with E-state index < -0.39 is 0 Å². The number of aliphatic hydroxyl groups excluding tert-OH is 1. The molecule has 4 unspecified atom stereocenters. The maximum atomic E-state index is 10.6. The summed E-state index contributed by atoms with van der Waals surface area (Å²) >= 11 is 0. The Morgan fingerprint density at radius 2 is 1.81 bits per heavy atom. The SMILES string of the molecule is C[C@]12CC[C@H](OCCNC(=N)N)CC1CCC1C2CC[C@@]2(C)C1CC[C@@H]2O. The monoisotopic (exact) mass is 377 g/mol. The molecule has 0 aromatic rings. The minimum Gasteiger partial charge on any atom is -0.393 e. The largest absolute Gasteiger partial charge is 0.393 e. The van der Waals surface area contributed by atoms with Gasteiger partial charge in [0.1, 0.15) is 0 Å². The average Bonchev–Trinajstić information content (AvgIpc) is 2.94. The molecule has 0 heterocycles. The first-order valence-electron chi connectivity index (χ1n) is 11.2. The third-order valence-electron chi connectivity index (χ3n) is 9.34. The molecule has 0 radical (unpaired) electrons. The number of nitrogens with one attached hydrogen (secondary N) is 2. The smallest absolute Gasteiger partial charge is 0.185 e. The zero-order valence-electron chi connectivity index (χ0n) is 17.2. The van der Waals surface area contributed by atoms with Crippen LogP contribution in [0.3, 0.4) is 0 Å². The van der Waals surface area contributed by atoms with Gasteiger partial charge in [0.25, 0.3) is 0 Å². The van der Waals surface area contributed by atoms with E-state index in [1.54, 1.807) is 0 Å². The van der Waals surface area contributed by atoms with Gasteiger partial charge in [0.2, 0.25) is 0 Å². The molecule has 4 rings (SSSR count). The highest BCUT2D eigenvalue weighted by Gasteiger charge is 2.60. The summed E-state index contributed by atoms with van der Waals surface area (Å²) in [6.45, 7) is 6.22. The lowest BCUT2D eigenvalue weighted by Gasteiger charge is -2.60. The van der Waals surface area contributed by atoms with Crippen molar-refractivity contribution in [2.75, 3.05) is 13.2 Å². The average molecular weight is 378 g/mol. The fraction of sp³-hybridized carbons (Fsp3) is 0.955. The molecule has 0 bridgehead atoms. The Morgan fingerprint density at radius 3 is 2.59 bits per heavy atom. The van der Waals surface area contributed by atoms with Gasteiger partial charge in [-0.1, -0.05) is 13.8 Å². The van der Waals surface area contributed by atoms with Crippen molar-refractivity contribution >= 4 is 5.96 Å². The number of fused-ring (bicyclic) bond motifs is 5. The Hall–Kier alpha value is -0.810. The molecule has 5 heteroatoms. The Labute approximate surface area is 164 Å². The van der Waals surface area contributed by atoms with Crippen LogP contribution in [0.4, 0.5) is 0 Å². The second-order valence-electron chi connectivity index (χ2n) is 10.4. The van der Waals surface area contributed by atoms with E-state index in [0.29, 0.717) is 24.7 Å². The van der Waals surface area contributed by atoms with Crippen molar-refractivity contribution in [3.05, 3.63) is 0 Å². The van der Waals surface area contributed by atoms with E-state index in [9.17, 15) is 5.11 Å². The molecule has 4 fully saturated rings. The van der Waals surface area contributed by atoms with E-state index in [1.165, 1.54) is 51.4 Å². The molecular weight excluding hydrogens is 338 g/mol. The third-order valence-corrected chi connectivity index (χ3v) is 9.34. The summed E-state index contributed by atoms with van der Waals surface area (Å²) in [6, 6.07) is 0. The van der Waals surface area contributed by atoms with Gasteiger partial charge in [0, 0.05) is 6.54 Å². The molecule has 4 aliphatic rings. The maximum absolute atomic E-state index is 10.6. The molecule has 0 saturated heterocycles. The fourth-order valence-electron chi connectivity index (χ4n) is 7.75. The normalized spacial score (nSPS) is 49.0. The van der Waals surface area contributed by atoms with E-state index in [1.807, 2.05) is 0 Å². The molecular formula is C22H39N3O2. The first-order chi connectivity index (χ1) is 12.8. The zero-order chi connectivity index (χ0) is 19.2. The summed E-state index contributed by atoms with van der Waals surface area (Å²) in [6.07, 6.45) is 11.5. The summed E-state index contributed by atoms with van der Waals surface area (Å²) in [7, 11) is 0. The molecule has 4 saturated carbocycles. The van der Waals surface area contributed by atoms with Crippen molar-refractivity contribution in [1.82, 2.24) is 5.32 Å². The van der Waals surface area contributed by atoms with Crippen molar-refractivity contribution in [2.24, 2.45) is 40.2 Å². The van der Waals surface area contributed by atoms with Crippen LogP contribution in [0.5, 0.6) is 0 Å². The standard InChI is InChI=1S/C22H39N3O2/c1-21-9-7-15(27-12-11-25-20(23)24)13-14(21)3-4-16-17-5-6-19(26)22(17,2)10-8-18(16)21/h14-19,26H,3-13H2,1-2H3,(H4,23,24,25)/t14?,15-,16?,17?,18?,19-,21-,22-/m0/s1. The highest BCUT2D eigenvalue weighted by atomic mass is 16.5. The van der Waals surface area contributed by atoms with Crippen molar-refractivity contribution in [2.45, 2.75) is 83.8 Å². The summed E-state index contributed by atoms with van der Waals surface area (Å²) in [5, 5.41) is 20.7. The first kappa shape index (κ1) is 19.5. The molecule has 8 atom stereocenters. The van der Waals surface area contributed by atoms with Crippen LogP contribution in [-0.4, -0.2) is 36.4 Å². The Balaban J connectivity index is 1.38. The lowest BCUT2D eigenvalue weighted by Crippen LogP contribution is -2.54. The van der Waals surface area contributed by atoms with E-state index in [0.717, 1.165) is 30.1 Å². The minimum absolute atomic E-state index is 0.0227. The zero-order valence-corrected chi connectivity index (χ0v) is 17.2. The predicted molar refractivity (Wildman–Crippen MR) is 107 cm³/mol. The van der Waals surface area contributed by atoms with Gasteiger partial charge in [-0.05, 0) is 92.3 Å². The number of hydrogen-bond donors (Lipinski definition) is 4. The van der Waals surface area contributed by atoms with Gasteiger partial charge in [-0.25, -0.2) is 0 Å². The molecule has 5 nitrogen and oxygen atoms in total. The van der Waals surface area contributed by atoms with Gasteiger partial charge < -0.3 is 20.9 Å². The van der Waals surface area contributed by atoms with Crippen LogP contribution in [0.2, 0.25) is 0 Å². The number of hydrogen-bond acceptors (Lipinski definition) is 3. The van der Waals surface area contributed by atoms with Gasteiger partial charge in [-0.15, -0.1) is 0 Å². The maximum Gasteiger partial charge on any atom is 0.185 e. The van der Waals surface area contributed by atoms with Crippen LogP contribution in [0.1, 0.15) is 71.6 Å². The van der Waals surface area contributed by atoms with Crippen molar-refractivity contribution in [1.29, 1.82) is 5.41 Å². The Bertz CT molecular complexity index is 570. The Morgan fingerprint density at radius 1 is 1.07 bits per heavy atom. The van der Waals surface area contributed by atoms with Crippen LogP contribution in [-0.2, 0) is 4.74 Å². The summed E-state index contributed by atoms with van der Waals surface area (Å²) in [4.78, 5) is 0. The van der Waals surface area contributed by atoms with E-state index in [-0.39, 0.29) is 17.5 Å². The molecule has 0 aliphatic heterocycles. The van der Waals surface area contributed by atoms with Gasteiger partial charge in [-0.2, -0.15) is 0 Å². The molecule has 0 spiro atoms. The van der Waals surface area contributed by atoms with Crippen LogP contribution >= 0.6 is 0 Å². The van der Waals surface area contributed by atoms with Crippen LogP contribution in [0.25, 0.3) is 0 Å².